The van der Waals surface area contributed by atoms with Gasteiger partial charge in [-0.2, -0.15) is 0 Å². The zero-order valence-corrected chi connectivity index (χ0v) is 13.3. The second kappa shape index (κ2) is 7.53. The lowest BCUT2D eigenvalue weighted by atomic mass is 10.1. The van der Waals surface area contributed by atoms with Crippen LogP contribution in [0.5, 0.6) is 0 Å². The van der Waals surface area contributed by atoms with Crippen molar-refractivity contribution in [1.82, 2.24) is 4.31 Å². The summed E-state index contributed by atoms with van der Waals surface area (Å²) in [4.78, 5) is 10.7. The van der Waals surface area contributed by atoms with Gasteiger partial charge in [0.2, 0.25) is 10.0 Å². The Morgan fingerprint density at radius 2 is 1.86 bits per heavy atom. The maximum atomic E-state index is 12.0. The Morgan fingerprint density at radius 3 is 2.33 bits per heavy atom. The molecule has 21 heavy (non-hydrogen) atoms. The van der Waals surface area contributed by atoms with Crippen molar-refractivity contribution in [2.45, 2.75) is 26.5 Å². The smallest absolute Gasteiger partial charge is 0.335 e. The first-order chi connectivity index (χ1) is 9.72. The van der Waals surface area contributed by atoms with Crippen LogP contribution in [0.25, 0.3) is 0 Å². The average molecular weight is 315 g/mol. The summed E-state index contributed by atoms with van der Waals surface area (Å²) in [6.07, 6.45) is -0.00549. The fraction of sp³-hybridized carbons (Fsp3) is 0.500. The number of hydrogen-bond acceptors (Lipinski definition) is 4. The fourth-order valence-corrected chi connectivity index (χ4v) is 2.62. The molecular weight excluding hydrogens is 294 g/mol. The number of carbonyl (C=O) groups is 1. The summed E-state index contributed by atoms with van der Waals surface area (Å²) in [5.74, 6) is -1.08. The average Bonchev–Trinajstić information content (AvgIpc) is 2.38. The van der Waals surface area contributed by atoms with Crippen molar-refractivity contribution in [3.8, 4) is 0 Å². The number of carboxylic acid groups (broad SMARTS) is 1. The third-order valence-corrected chi connectivity index (χ3v) is 4.63. The highest BCUT2D eigenvalue weighted by molar-refractivity contribution is 7.89. The van der Waals surface area contributed by atoms with Crippen LogP contribution in [0.1, 0.15) is 29.8 Å². The molecule has 0 aliphatic heterocycles. The second-order valence-electron chi connectivity index (χ2n) is 4.99. The summed E-state index contributed by atoms with van der Waals surface area (Å²) in [6, 6.07) is 6.14. The molecule has 0 fully saturated rings. The molecule has 0 aliphatic carbocycles. The molecule has 0 atom stereocenters. The summed E-state index contributed by atoms with van der Waals surface area (Å²) in [6.45, 7) is 4.05. The van der Waals surface area contributed by atoms with Gasteiger partial charge in [0.1, 0.15) is 0 Å². The number of rotatable bonds is 8. The molecule has 1 aromatic rings. The van der Waals surface area contributed by atoms with Crippen LogP contribution in [0.3, 0.4) is 0 Å². The predicted octanol–water partition coefficient (Wildman–Crippen LogP) is 1.57. The van der Waals surface area contributed by atoms with Crippen LogP contribution < -0.4 is 0 Å². The first-order valence-corrected chi connectivity index (χ1v) is 8.21. The molecule has 0 amide bonds. The lowest BCUT2D eigenvalue weighted by molar-refractivity contribution is 0.0696. The highest BCUT2D eigenvalue weighted by Crippen LogP contribution is 2.10. The van der Waals surface area contributed by atoms with Crippen molar-refractivity contribution >= 4 is 16.0 Å². The number of nitrogens with zero attached hydrogens (tertiary/aromatic N) is 1. The van der Waals surface area contributed by atoms with Gasteiger partial charge in [-0.15, -0.1) is 0 Å². The van der Waals surface area contributed by atoms with E-state index in [1.165, 1.54) is 23.5 Å². The van der Waals surface area contributed by atoms with E-state index >= 15 is 0 Å². The molecule has 0 spiro atoms. The van der Waals surface area contributed by atoms with Crippen LogP contribution in [0.2, 0.25) is 0 Å². The molecule has 0 heterocycles. The Hall–Kier alpha value is -1.44. The van der Waals surface area contributed by atoms with Gasteiger partial charge in [0, 0.05) is 13.6 Å². The van der Waals surface area contributed by atoms with Crippen molar-refractivity contribution < 1.29 is 23.1 Å². The maximum absolute atomic E-state index is 12.0. The first-order valence-electron chi connectivity index (χ1n) is 6.60. The van der Waals surface area contributed by atoms with Gasteiger partial charge in [-0.05, 0) is 31.5 Å². The minimum Gasteiger partial charge on any atom is -0.478 e. The van der Waals surface area contributed by atoms with Crippen LogP contribution in [-0.2, 0) is 21.3 Å². The molecule has 7 heteroatoms. The summed E-state index contributed by atoms with van der Waals surface area (Å²) in [5.41, 5.74) is 0.908. The molecule has 6 nitrogen and oxygen atoms in total. The zero-order valence-electron chi connectivity index (χ0n) is 12.4. The molecule has 0 unspecified atom stereocenters. The van der Waals surface area contributed by atoms with Gasteiger partial charge in [0.15, 0.2) is 0 Å². The van der Waals surface area contributed by atoms with Gasteiger partial charge in [-0.25, -0.2) is 17.5 Å². The highest BCUT2D eigenvalue weighted by Gasteiger charge is 2.18. The third kappa shape index (κ3) is 5.82. The van der Waals surface area contributed by atoms with E-state index in [2.05, 4.69) is 0 Å². The van der Waals surface area contributed by atoms with E-state index in [4.69, 9.17) is 9.84 Å². The maximum Gasteiger partial charge on any atom is 0.335 e. The van der Waals surface area contributed by atoms with Crippen molar-refractivity contribution in [2.24, 2.45) is 0 Å². The summed E-state index contributed by atoms with van der Waals surface area (Å²) < 4.78 is 30.6. The van der Waals surface area contributed by atoms with Gasteiger partial charge >= 0.3 is 5.97 Å². The SMILES string of the molecule is CC(C)OCCS(=O)(=O)N(C)Cc1ccc(C(=O)O)cc1. The standard InChI is InChI=1S/C14H21NO5S/c1-11(2)20-8-9-21(18,19)15(3)10-12-4-6-13(7-5-12)14(16)17/h4-7,11H,8-10H2,1-3H3,(H,16,17). The molecule has 1 aromatic carbocycles. The van der Waals surface area contributed by atoms with Crippen LogP contribution in [0, 0.1) is 0 Å². The quantitative estimate of drug-likeness (QED) is 0.787. The van der Waals surface area contributed by atoms with Gasteiger partial charge in [0.25, 0.3) is 0 Å². The topological polar surface area (TPSA) is 83.9 Å². The van der Waals surface area contributed by atoms with Crippen LogP contribution in [-0.4, -0.2) is 49.3 Å². The number of ether oxygens (including phenoxy) is 1. The van der Waals surface area contributed by atoms with Crippen molar-refractivity contribution in [3.63, 3.8) is 0 Å². The zero-order chi connectivity index (χ0) is 16.0. The fourth-order valence-electron chi connectivity index (χ4n) is 1.65. The Labute approximate surface area is 125 Å². The molecular formula is C14H21NO5S. The van der Waals surface area contributed by atoms with Crippen LogP contribution in [0.4, 0.5) is 0 Å². The Kier molecular flexibility index (Phi) is 6.32. The monoisotopic (exact) mass is 315 g/mol. The largest absolute Gasteiger partial charge is 0.478 e. The number of carboxylic acids is 1. The van der Waals surface area contributed by atoms with Crippen molar-refractivity contribution in [2.75, 3.05) is 19.4 Å². The molecule has 0 aromatic heterocycles. The molecule has 1 N–H and O–H groups in total. The second-order valence-corrected chi connectivity index (χ2v) is 7.19. The summed E-state index contributed by atoms with van der Waals surface area (Å²) in [7, 11) is -1.89. The number of benzene rings is 1. The van der Waals surface area contributed by atoms with Crippen LogP contribution in [0.15, 0.2) is 24.3 Å². The third-order valence-electron chi connectivity index (χ3n) is 2.87. The van der Waals surface area contributed by atoms with E-state index < -0.39 is 16.0 Å². The van der Waals surface area contributed by atoms with Crippen LogP contribution >= 0.6 is 0 Å². The van der Waals surface area contributed by atoms with Gasteiger partial charge in [-0.3, -0.25) is 0 Å². The Morgan fingerprint density at radius 1 is 1.29 bits per heavy atom. The molecule has 0 aliphatic rings. The van der Waals surface area contributed by atoms with E-state index in [0.29, 0.717) is 0 Å². The van der Waals surface area contributed by atoms with E-state index in [0.717, 1.165) is 5.56 Å². The minimum absolute atomic E-state index is 0.00549. The number of hydrogen-bond donors (Lipinski definition) is 1. The number of aromatic carboxylic acids is 1. The molecule has 0 bridgehead atoms. The molecule has 0 saturated carbocycles. The van der Waals surface area contributed by atoms with Gasteiger partial charge in [0.05, 0.1) is 24.0 Å². The normalized spacial score (nSPS) is 12.0. The minimum atomic E-state index is -3.39. The van der Waals surface area contributed by atoms with E-state index in [-0.39, 0.29) is 30.6 Å². The highest BCUT2D eigenvalue weighted by atomic mass is 32.2. The van der Waals surface area contributed by atoms with E-state index in [1.807, 2.05) is 13.8 Å². The molecule has 118 valence electrons. The van der Waals surface area contributed by atoms with Gasteiger partial charge < -0.3 is 9.84 Å². The molecule has 0 radical (unpaired) electrons. The van der Waals surface area contributed by atoms with E-state index in [9.17, 15) is 13.2 Å². The lowest BCUT2D eigenvalue weighted by Crippen LogP contribution is -2.31. The predicted molar refractivity (Wildman–Crippen MR) is 79.7 cm³/mol. The summed E-state index contributed by atoms with van der Waals surface area (Å²) >= 11 is 0. The Balaban J connectivity index is 2.62. The number of sulfonamides is 1. The Bertz CT molecular complexity index is 566. The van der Waals surface area contributed by atoms with Crippen molar-refractivity contribution in [1.29, 1.82) is 0 Å². The van der Waals surface area contributed by atoms with E-state index in [1.54, 1.807) is 12.1 Å². The molecule has 0 saturated heterocycles. The van der Waals surface area contributed by atoms with Gasteiger partial charge in [-0.1, -0.05) is 12.1 Å². The first kappa shape index (κ1) is 17.6. The molecule has 1 rings (SSSR count). The summed E-state index contributed by atoms with van der Waals surface area (Å²) in [5, 5.41) is 8.81. The lowest BCUT2D eigenvalue weighted by Gasteiger charge is -2.18. The van der Waals surface area contributed by atoms with Crippen molar-refractivity contribution in [3.05, 3.63) is 35.4 Å².